The number of nitrogens with one attached hydrogen (secondary N) is 1. The molecule has 0 saturated heterocycles. The lowest BCUT2D eigenvalue weighted by atomic mass is 10.1. The first-order chi connectivity index (χ1) is 15.0. The van der Waals surface area contributed by atoms with E-state index in [1.54, 1.807) is 0 Å². The quantitative estimate of drug-likeness (QED) is 0.222. The summed E-state index contributed by atoms with van der Waals surface area (Å²) in [5.41, 5.74) is 2.67. The molecule has 0 atom stereocenters. The van der Waals surface area contributed by atoms with Gasteiger partial charge in [0.25, 0.3) is 0 Å². The third-order valence-corrected chi connectivity index (χ3v) is 7.27. The molecule has 8 heteroatoms. The van der Waals surface area contributed by atoms with Crippen molar-refractivity contribution in [1.29, 1.82) is 0 Å². The second kappa shape index (κ2) is 11.2. The highest BCUT2D eigenvalue weighted by atomic mass is 79.9. The Kier molecular flexibility index (Phi) is 8.61. The average molecular weight is 506 g/mol. The first-order valence-corrected chi connectivity index (χ1v) is 13.2. The smallest absolute Gasteiger partial charge is 0.335 e. The number of halogens is 1. The molecule has 0 spiro atoms. The van der Waals surface area contributed by atoms with E-state index in [0.29, 0.717) is 19.0 Å². The molecular formula is C23H29BrN3O3P. The molecule has 0 aliphatic rings. The van der Waals surface area contributed by atoms with E-state index in [2.05, 4.69) is 28.2 Å². The maximum Gasteiger partial charge on any atom is 0.335 e. The predicted molar refractivity (Wildman–Crippen MR) is 131 cm³/mol. The average Bonchev–Trinajstić information content (AvgIpc) is 2.74. The topological polar surface area (TPSA) is 73.3 Å². The van der Waals surface area contributed by atoms with Crippen LogP contribution in [0.3, 0.4) is 0 Å². The van der Waals surface area contributed by atoms with Gasteiger partial charge in [-0.25, -0.2) is 9.97 Å². The fourth-order valence-corrected chi connectivity index (χ4v) is 5.32. The van der Waals surface area contributed by atoms with E-state index >= 15 is 0 Å². The van der Waals surface area contributed by atoms with E-state index in [1.807, 2.05) is 56.3 Å². The maximum absolute atomic E-state index is 12.8. The molecule has 6 nitrogen and oxygen atoms in total. The van der Waals surface area contributed by atoms with Crippen LogP contribution in [0.5, 0.6) is 0 Å². The molecule has 0 fully saturated rings. The van der Waals surface area contributed by atoms with Crippen molar-refractivity contribution >= 4 is 40.2 Å². The minimum absolute atomic E-state index is 0.241. The Morgan fingerprint density at radius 3 is 2.35 bits per heavy atom. The number of hydrogen-bond donors (Lipinski definition) is 1. The first-order valence-electron chi connectivity index (χ1n) is 10.7. The monoisotopic (exact) mass is 505 g/mol. The molecule has 1 heterocycles. The predicted octanol–water partition coefficient (Wildman–Crippen LogP) is 7.04. The Bertz CT molecular complexity index is 1050. The van der Waals surface area contributed by atoms with Gasteiger partial charge in [-0.1, -0.05) is 53.5 Å². The van der Waals surface area contributed by atoms with Gasteiger partial charge in [-0.2, -0.15) is 0 Å². The highest BCUT2D eigenvalue weighted by molar-refractivity contribution is 9.10. The largest absolute Gasteiger partial charge is 0.369 e. The van der Waals surface area contributed by atoms with Crippen molar-refractivity contribution in [3.05, 3.63) is 52.5 Å². The van der Waals surface area contributed by atoms with Crippen molar-refractivity contribution in [2.75, 3.05) is 25.1 Å². The molecular weight excluding hydrogens is 477 g/mol. The second-order valence-corrected chi connectivity index (χ2v) is 10.1. The minimum atomic E-state index is -3.13. The summed E-state index contributed by atoms with van der Waals surface area (Å²) in [7, 11) is -3.13. The summed E-state index contributed by atoms with van der Waals surface area (Å²) >= 11 is 3.54. The van der Waals surface area contributed by atoms with Gasteiger partial charge < -0.3 is 14.4 Å². The number of aromatic nitrogens is 2. The van der Waals surface area contributed by atoms with Gasteiger partial charge in [0.1, 0.15) is 5.82 Å². The molecule has 31 heavy (non-hydrogen) atoms. The van der Waals surface area contributed by atoms with Crippen LogP contribution in [-0.2, 0) is 19.8 Å². The van der Waals surface area contributed by atoms with E-state index in [1.165, 1.54) is 0 Å². The summed E-state index contributed by atoms with van der Waals surface area (Å²) in [6, 6.07) is 13.8. The minimum Gasteiger partial charge on any atom is -0.369 e. The van der Waals surface area contributed by atoms with Gasteiger partial charge >= 0.3 is 7.60 Å². The fourth-order valence-electron chi connectivity index (χ4n) is 3.25. The zero-order chi connectivity index (χ0) is 22.3. The third kappa shape index (κ3) is 6.36. The molecule has 0 aliphatic heterocycles. The Balaban J connectivity index is 1.90. The molecule has 0 radical (unpaired) electrons. The number of unbranched alkanes of at least 4 members (excludes halogenated alkanes) is 1. The molecule has 166 valence electrons. The highest BCUT2D eigenvalue weighted by Crippen LogP contribution is 2.51. The van der Waals surface area contributed by atoms with Gasteiger partial charge in [0.2, 0.25) is 0 Å². The second-order valence-electron chi connectivity index (χ2n) is 7.14. The highest BCUT2D eigenvalue weighted by Gasteiger charge is 2.24. The van der Waals surface area contributed by atoms with Crippen molar-refractivity contribution in [2.24, 2.45) is 0 Å². The van der Waals surface area contributed by atoms with Gasteiger partial charge in [0.05, 0.1) is 24.9 Å². The lowest BCUT2D eigenvalue weighted by Crippen LogP contribution is -2.05. The SMILES string of the molecule is CCCCNc1nc(-c2ccc(CP(=O)(OCC)OCC)cc2)nc2ccc(Br)cc12. The van der Waals surface area contributed by atoms with Crippen LogP contribution in [0.15, 0.2) is 46.9 Å². The summed E-state index contributed by atoms with van der Waals surface area (Å²) in [5, 5.41) is 4.44. The molecule has 0 saturated carbocycles. The molecule has 3 rings (SSSR count). The van der Waals surface area contributed by atoms with Crippen LogP contribution in [0.25, 0.3) is 22.3 Å². The van der Waals surface area contributed by atoms with Crippen LogP contribution in [0.1, 0.15) is 39.2 Å². The fraction of sp³-hybridized carbons (Fsp3) is 0.391. The Hall–Kier alpha value is -1.79. The van der Waals surface area contributed by atoms with Gasteiger partial charge in [-0.15, -0.1) is 0 Å². The lowest BCUT2D eigenvalue weighted by molar-refractivity contribution is 0.219. The molecule has 1 N–H and O–H groups in total. The van der Waals surface area contributed by atoms with Crippen molar-refractivity contribution in [3.63, 3.8) is 0 Å². The molecule has 0 bridgehead atoms. The number of rotatable bonds is 11. The van der Waals surface area contributed by atoms with E-state index in [0.717, 1.165) is 51.7 Å². The van der Waals surface area contributed by atoms with Crippen molar-refractivity contribution in [1.82, 2.24) is 9.97 Å². The molecule has 0 aliphatic carbocycles. The normalized spacial score (nSPS) is 11.7. The van der Waals surface area contributed by atoms with Gasteiger partial charge in [-0.05, 0) is 44.0 Å². The van der Waals surface area contributed by atoms with Crippen LogP contribution in [-0.4, -0.2) is 29.7 Å². The molecule has 0 amide bonds. The summed E-state index contributed by atoms with van der Waals surface area (Å²) in [5.74, 6) is 1.48. The number of anilines is 1. The van der Waals surface area contributed by atoms with E-state index in [-0.39, 0.29) is 6.16 Å². The summed E-state index contributed by atoms with van der Waals surface area (Å²) in [4.78, 5) is 9.56. The zero-order valence-corrected chi connectivity index (χ0v) is 20.7. The Morgan fingerprint density at radius 2 is 1.71 bits per heavy atom. The number of hydrogen-bond acceptors (Lipinski definition) is 6. The van der Waals surface area contributed by atoms with Gasteiger partial charge in [-0.3, -0.25) is 4.57 Å². The third-order valence-electron chi connectivity index (χ3n) is 4.72. The van der Waals surface area contributed by atoms with E-state index in [4.69, 9.17) is 19.0 Å². The number of fused-ring (bicyclic) bond motifs is 1. The van der Waals surface area contributed by atoms with Crippen LogP contribution in [0, 0.1) is 0 Å². The molecule has 2 aromatic carbocycles. The van der Waals surface area contributed by atoms with Gasteiger partial charge in [0, 0.05) is 22.0 Å². The summed E-state index contributed by atoms with van der Waals surface area (Å²) < 4.78 is 24.6. The van der Waals surface area contributed by atoms with Crippen molar-refractivity contribution in [3.8, 4) is 11.4 Å². The summed E-state index contributed by atoms with van der Waals surface area (Å²) in [6.45, 7) is 7.36. The van der Waals surface area contributed by atoms with Crippen LogP contribution < -0.4 is 5.32 Å². The summed E-state index contributed by atoms with van der Waals surface area (Å²) in [6.07, 6.45) is 2.43. The van der Waals surface area contributed by atoms with Crippen LogP contribution in [0.4, 0.5) is 5.82 Å². The van der Waals surface area contributed by atoms with Crippen molar-refractivity contribution in [2.45, 2.75) is 39.8 Å². The zero-order valence-electron chi connectivity index (χ0n) is 18.2. The van der Waals surface area contributed by atoms with Crippen LogP contribution in [0.2, 0.25) is 0 Å². The molecule has 3 aromatic rings. The van der Waals surface area contributed by atoms with Crippen molar-refractivity contribution < 1.29 is 13.6 Å². The van der Waals surface area contributed by atoms with E-state index in [9.17, 15) is 4.57 Å². The molecule has 0 unspecified atom stereocenters. The Labute approximate surface area is 192 Å². The Morgan fingerprint density at radius 1 is 1.00 bits per heavy atom. The standard InChI is InChI=1S/C23H29BrN3O3P/c1-4-7-14-25-23-20-15-19(24)12-13-21(20)26-22(27-23)18-10-8-17(9-11-18)16-31(28,29-5-2)30-6-3/h8-13,15H,4-7,14,16H2,1-3H3,(H,25,26,27). The maximum atomic E-state index is 12.8. The number of benzene rings is 2. The molecule has 1 aromatic heterocycles. The number of nitrogens with zero attached hydrogens (tertiary/aromatic N) is 2. The van der Waals surface area contributed by atoms with Crippen LogP contribution >= 0.6 is 23.5 Å². The first kappa shape index (κ1) is 23.9. The lowest BCUT2D eigenvalue weighted by Gasteiger charge is -2.17. The van der Waals surface area contributed by atoms with Gasteiger partial charge in [0.15, 0.2) is 5.82 Å². The van der Waals surface area contributed by atoms with E-state index < -0.39 is 7.60 Å².